The normalized spacial score (nSPS) is 33.5. The molecular weight excluding hydrogens is 166 g/mol. The highest BCUT2D eigenvalue weighted by molar-refractivity contribution is 4.78. The van der Waals surface area contributed by atoms with Crippen molar-refractivity contribution in [3.63, 3.8) is 0 Å². The molecule has 76 valence electrons. The Morgan fingerprint density at radius 1 is 1.23 bits per heavy atom. The van der Waals surface area contributed by atoms with E-state index in [0.29, 0.717) is 6.17 Å². The summed E-state index contributed by atoms with van der Waals surface area (Å²) >= 11 is 0. The van der Waals surface area contributed by atoms with Crippen LogP contribution in [0, 0.1) is 0 Å². The molecule has 2 fully saturated rings. The first-order chi connectivity index (χ1) is 6.36. The first-order valence-corrected chi connectivity index (χ1v) is 5.10. The van der Waals surface area contributed by atoms with Crippen LogP contribution in [-0.4, -0.2) is 69.0 Å². The minimum absolute atomic E-state index is 0.544. The predicted molar refractivity (Wildman–Crippen MR) is 51.7 cm³/mol. The van der Waals surface area contributed by atoms with Crippen molar-refractivity contribution in [3.8, 4) is 0 Å². The van der Waals surface area contributed by atoms with E-state index in [-0.39, 0.29) is 0 Å². The van der Waals surface area contributed by atoms with E-state index in [4.69, 9.17) is 4.74 Å². The van der Waals surface area contributed by atoms with Gasteiger partial charge in [0.05, 0.1) is 19.4 Å². The second kappa shape index (κ2) is 4.37. The molecule has 2 aliphatic heterocycles. The molecule has 0 aromatic carbocycles. The van der Waals surface area contributed by atoms with E-state index in [9.17, 15) is 0 Å². The molecule has 1 unspecified atom stereocenters. The average molecular weight is 185 g/mol. The molecule has 0 spiro atoms. The Morgan fingerprint density at radius 3 is 2.69 bits per heavy atom. The van der Waals surface area contributed by atoms with Gasteiger partial charge >= 0.3 is 0 Å². The lowest BCUT2D eigenvalue weighted by Crippen LogP contribution is -2.59. The van der Waals surface area contributed by atoms with Crippen LogP contribution in [0.1, 0.15) is 0 Å². The van der Waals surface area contributed by atoms with Crippen molar-refractivity contribution in [1.29, 1.82) is 0 Å². The van der Waals surface area contributed by atoms with E-state index in [0.717, 1.165) is 39.4 Å². The van der Waals surface area contributed by atoms with Gasteiger partial charge in [0.25, 0.3) is 0 Å². The molecule has 1 atom stereocenters. The summed E-state index contributed by atoms with van der Waals surface area (Å²) in [5.41, 5.74) is 0. The zero-order valence-electron chi connectivity index (χ0n) is 8.33. The molecule has 0 amide bonds. The van der Waals surface area contributed by atoms with Crippen LogP contribution in [0.3, 0.4) is 0 Å². The first-order valence-electron chi connectivity index (χ1n) is 5.10. The molecule has 2 aliphatic rings. The third-order valence-electron chi connectivity index (χ3n) is 2.84. The lowest BCUT2D eigenvalue weighted by Gasteiger charge is -2.40. The second-order valence-corrected chi connectivity index (χ2v) is 3.88. The van der Waals surface area contributed by atoms with Crippen molar-refractivity contribution in [2.45, 2.75) is 6.17 Å². The Balaban J connectivity index is 1.83. The molecule has 0 aromatic heterocycles. The molecule has 0 bridgehead atoms. The summed E-state index contributed by atoms with van der Waals surface area (Å²) in [6, 6.07) is 0. The monoisotopic (exact) mass is 185 g/mol. The topological polar surface area (TPSA) is 27.7 Å². The van der Waals surface area contributed by atoms with Gasteiger partial charge in [-0.05, 0) is 7.05 Å². The van der Waals surface area contributed by atoms with Crippen LogP contribution in [0.4, 0.5) is 0 Å². The average Bonchev–Trinajstić information content (AvgIpc) is 2.19. The third-order valence-corrected chi connectivity index (χ3v) is 2.84. The molecule has 2 saturated heterocycles. The van der Waals surface area contributed by atoms with Gasteiger partial charge in [-0.1, -0.05) is 0 Å². The molecule has 4 nitrogen and oxygen atoms in total. The van der Waals surface area contributed by atoms with E-state index in [1.54, 1.807) is 0 Å². The van der Waals surface area contributed by atoms with E-state index in [2.05, 4.69) is 22.2 Å². The predicted octanol–water partition coefficient (Wildman–Crippen LogP) is -0.820. The summed E-state index contributed by atoms with van der Waals surface area (Å²) in [4.78, 5) is 4.87. The number of morpholine rings is 1. The van der Waals surface area contributed by atoms with Crippen LogP contribution in [0.15, 0.2) is 0 Å². The fraction of sp³-hybridized carbons (Fsp3) is 1.00. The van der Waals surface area contributed by atoms with Crippen LogP contribution in [-0.2, 0) is 4.74 Å². The maximum absolute atomic E-state index is 5.33. The Bertz CT molecular complexity index is 159. The Morgan fingerprint density at radius 2 is 2.00 bits per heavy atom. The Labute approximate surface area is 79.8 Å². The van der Waals surface area contributed by atoms with E-state index in [1.165, 1.54) is 6.54 Å². The van der Waals surface area contributed by atoms with Crippen molar-refractivity contribution in [2.24, 2.45) is 0 Å². The zero-order chi connectivity index (χ0) is 9.10. The first kappa shape index (κ1) is 9.40. The smallest absolute Gasteiger partial charge is 0.0730 e. The highest BCUT2D eigenvalue weighted by atomic mass is 16.5. The number of hydrogen-bond donors (Lipinski definition) is 1. The maximum atomic E-state index is 5.33. The zero-order valence-corrected chi connectivity index (χ0v) is 8.33. The van der Waals surface area contributed by atoms with Crippen LogP contribution >= 0.6 is 0 Å². The highest BCUT2D eigenvalue weighted by Crippen LogP contribution is 2.05. The van der Waals surface area contributed by atoms with Gasteiger partial charge in [-0.15, -0.1) is 0 Å². The van der Waals surface area contributed by atoms with Crippen LogP contribution in [0.5, 0.6) is 0 Å². The molecule has 2 heterocycles. The quantitative estimate of drug-likeness (QED) is 0.577. The Hall–Kier alpha value is -0.160. The number of likely N-dealkylation sites (N-methyl/N-ethyl adjacent to an activating group) is 1. The fourth-order valence-electron chi connectivity index (χ4n) is 2.01. The molecule has 0 saturated carbocycles. The van der Waals surface area contributed by atoms with Crippen LogP contribution in [0.25, 0.3) is 0 Å². The summed E-state index contributed by atoms with van der Waals surface area (Å²) < 4.78 is 5.33. The van der Waals surface area contributed by atoms with Crippen molar-refractivity contribution < 1.29 is 4.74 Å². The van der Waals surface area contributed by atoms with E-state index in [1.807, 2.05) is 0 Å². The summed E-state index contributed by atoms with van der Waals surface area (Å²) in [7, 11) is 2.19. The SMILES string of the molecule is CN1CCNC(N2CCOCC2)C1. The van der Waals surface area contributed by atoms with Gasteiger partial charge in [-0.2, -0.15) is 0 Å². The molecule has 0 aliphatic carbocycles. The van der Waals surface area contributed by atoms with Crippen molar-refractivity contribution in [3.05, 3.63) is 0 Å². The molecule has 13 heavy (non-hydrogen) atoms. The third kappa shape index (κ3) is 2.40. The number of ether oxygens (including phenoxy) is 1. The largest absolute Gasteiger partial charge is 0.379 e. The van der Waals surface area contributed by atoms with Gasteiger partial charge in [-0.25, -0.2) is 0 Å². The van der Waals surface area contributed by atoms with E-state index >= 15 is 0 Å². The molecule has 0 aromatic rings. The molecular formula is C9H19N3O. The summed E-state index contributed by atoms with van der Waals surface area (Å²) in [6.45, 7) is 7.35. The number of rotatable bonds is 1. The van der Waals surface area contributed by atoms with Gasteiger partial charge < -0.3 is 9.64 Å². The molecule has 2 rings (SSSR count). The van der Waals surface area contributed by atoms with Crippen molar-refractivity contribution in [1.82, 2.24) is 15.1 Å². The van der Waals surface area contributed by atoms with Gasteiger partial charge in [0, 0.05) is 32.7 Å². The van der Waals surface area contributed by atoms with E-state index < -0.39 is 0 Å². The molecule has 1 N–H and O–H groups in total. The minimum Gasteiger partial charge on any atom is -0.379 e. The van der Waals surface area contributed by atoms with Crippen LogP contribution in [0.2, 0.25) is 0 Å². The fourth-order valence-corrected chi connectivity index (χ4v) is 2.01. The highest BCUT2D eigenvalue weighted by Gasteiger charge is 2.24. The molecule has 0 radical (unpaired) electrons. The standard InChI is InChI=1S/C9H19N3O/c1-11-3-2-10-9(8-11)12-4-6-13-7-5-12/h9-10H,2-8H2,1H3. The summed E-state index contributed by atoms with van der Waals surface area (Å²) in [5, 5.41) is 3.55. The second-order valence-electron chi connectivity index (χ2n) is 3.88. The molecule has 4 heteroatoms. The summed E-state index contributed by atoms with van der Waals surface area (Å²) in [5.74, 6) is 0. The van der Waals surface area contributed by atoms with Gasteiger partial charge in [0.2, 0.25) is 0 Å². The minimum atomic E-state index is 0.544. The number of nitrogens with one attached hydrogen (secondary N) is 1. The summed E-state index contributed by atoms with van der Waals surface area (Å²) in [6.07, 6.45) is 0.544. The Kier molecular flexibility index (Phi) is 3.16. The van der Waals surface area contributed by atoms with Gasteiger partial charge in [0.1, 0.15) is 0 Å². The number of nitrogens with zero attached hydrogens (tertiary/aromatic N) is 2. The van der Waals surface area contributed by atoms with Crippen molar-refractivity contribution >= 4 is 0 Å². The van der Waals surface area contributed by atoms with Crippen LogP contribution < -0.4 is 5.32 Å². The number of hydrogen-bond acceptors (Lipinski definition) is 4. The van der Waals surface area contributed by atoms with Crippen molar-refractivity contribution in [2.75, 3.05) is 53.0 Å². The number of piperazine rings is 1. The van der Waals surface area contributed by atoms with Gasteiger partial charge in [-0.3, -0.25) is 10.2 Å². The maximum Gasteiger partial charge on any atom is 0.0730 e. The lowest BCUT2D eigenvalue weighted by molar-refractivity contribution is -0.00615. The lowest BCUT2D eigenvalue weighted by atomic mass is 10.3. The van der Waals surface area contributed by atoms with Gasteiger partial charge in [0.15, 0.2) is 0 Å².